The van der Waals surface area contributed by atoms with Gasteiger partial charge in [-0.3, -0.25) is 0 Å². The van der Waals surface area contributed by atoms with Crippen LogP contribution in [-0.2, 0) is 16.0 Å². The lowest BCUT2D eigenvalue weighted by Crippen LogP contribution is -2.21. The van der Waals surface area contributed by atoms with Crippen LogP contribution in [0.25, 0.3) is 22.7 Å². The molecule has 1 fully saturated rings. The lowest BCUT2D eigenvalue weighted by molar-refractivity contribution is -0.137. The molecule has 0 unspecified atom stereocenters. The number of anilines is 1. The predicted octanol–water partition coefficient (Wildman–Crippen LogP) is 2.85. The average molecular weight is 465 g/mol. The third-order valence-electron chi connectivity index (χ3n) is 5.46. The second kappa shape index (κ2) is 7.15. The van der Waals surface area contributed by atoms with Gasteiger partial charge in [-0.15, -0.1) is 5.10 Å². The molecule has 0 radical (unpaired) electrons. The standard InChI is InChI=1S/C19H18F3N7O2S/c1-2-32(30,31)18-15(16-24-13-11-12(19(20,21)22)6-10-28(13)25-16)17-23-7-5-14(29(17)26-18)27-8-3-4-9-27/h5-7,10-11H,2-4,8-9H2,1H3. The summed E-state index contributed by atoms with van der Waals surface area (Å²) in [6.45, 7) is 3.10. The number of fused-ring (bicyclic) bond motifs is 2. The molecule has 1 aliphatic rings. The Kier molecular flexibility index (Phi) is 4.62. The number of pyridine rings is 1. The molecule has 9 nitrogen and oxygen atoms in total. The van der Waals surface area contributed by atoms with Crippen LogP contribution >= 0.6 is 0 Å². The number of alkyl halides is 3. The van der Waals surface area contributed by atoms with Gasteiger partial charge in [0, 0.05) is 25.5 Å². The quantitative estimate of drug-likeness (QED) is 0.457. The lowest BCUT2D eigenvalue weighted by Gasteiger charge is -2.17. The number of aromatic nitrogens is 6. The minimum atomic E-state index is -4.54. The fourth-order valence-electron chi connectivity index (χ4n) is 3.81. The molecular formula is C19H18F3N7O2S. The van der Waals surface area contributed by atoms with Crippen LogP contribution in [0.2, 0.25) is 0 Å². The van der Waals surface area contributed by atoms with Crippen LogP contribution in [0.5, 0.6) is 0 Å². The summed E-state index contributed by atoms with van der Waals surface area (Å²) in [7, 11) is -3.81. The number of sulfone groups is 1. The fraction of sp³-hybridized carbons (Fsp3) is 0.368. The van der Waals surface area contributed by atoms with E-state index in [0.29, 0.717) is 5.82 Å². The molecule has 32 heavy (non-hydrogen) atoms. The van der Waals surface area contributed by atoms with Crippen molar-refractivity contribution in [1.29, 1.82) is 0 Å². The zero-order valence-electron chi connectivity index (χ0n) is 16.9. The molecule has 0 N–H and O–H groups in total. The van der Waals surface area contributed by atoms with Gasteiger partial charge in [0.2, 0.25) is 0 Å². The normalized spacial score (nSPS) is 15.3. The maximum atomic E-state index is 13.1. The van der Waals surface area contributed by atoms with E-state index in [-0.39, 0.29) is 33.5 Å². The van der Waals surface area contributed by atoms with Crippen LogP contribution < -0.4 is 4.90 Å². The van der Waals surface area contributed by atoms with E-state index >= 15 is 0 Å². The van der Waals surface area contributed by atoms with Crippen molar-refractivity contribution in [3.05, 3.63) is 36.2 Å². The van der Waals surface area contributed by atoms with E-state index in [2.05, 4.69) is 25.1 Å². The largest absolute Gasteiger partial charge is 0.416 e. The molecule has 13 heteroatoms. The highest BCUT2D eigenvalue weighted by molar-refractivity contribution is 7.91. The van der Waals surface area contributed by atoms with Crippen molar-refractivity contribution in [2.45, 2.75) is 31.0 Å². The minimum Gasteiger partial charge on any atom is -0.356 e. The van der Waals surface area contributed by atoms with Gasteiger partial charge >= 0.3 is 6.18 Å². The second-order valence-electron chi connectivity index (χ2n) is 7.47. The van der Waals surface area contributed by atoms with Crippen LogP contribution in [0.1, 0.15) is 25.3 Å². The molecule has 4 aromatic heterocycles. The number of rotatable bonds is 4. The van der Waals surface area contributed by atoms with Crippen molar-refractivity contribution in [3.8, 4) is 11.4 Å². The van der Waals surface area contributed by atoms with Gasteiger partial charge in [-0.1, -0.05) is 6.92 Å². The monoisotopic (exact) mass is 465 g/mol. The Morgan fingerprint density at radius 3 is 2.56 bits per heavy atom. The van der Waals surface area contributed by atoms with Crippen molar-refractivity contribution in [2.24, 2.45) is 0 Å². The zero-order valence-corrected chi connectivity index (χ0v) is 17.7. The molecule has 5 rings (SSSR count). The molecule has 0 atom stereocenters. The van der Waals surface area contributed by atoms with Gasteiger partial charge in [0.1, 0.15) is 11.4 Å². The van der Waals surface area contributed by atoms with E-state index in [1.54, 1.807) is 12.3 Å². The summed E-state index contributed by atoms with van der Waals surface area (Å²) >= 11 is 0. The van der Waals surface area contributed by atoms with Crippen molar-refractivity contribution >= 4 is 26.9 Å². The van der Waals surface area contributed by atoms with Gasteiger partial charge < -0.3 is 4.90 Å². The first-order chi connectivity index (χ1) is 15.2. The molecule has 0 saturated carbocycles. The van der Waals surface area contributed by atoms with Crippen LogP contribution in [0.15, 0.2) is 35.6 Å². The molecule has 4 aromatic rings. The third kappa shape index (κ3) is 3.27. The Morgan fingerprint density at radius 1 is 1.12 bits per heavy atom. The Bertz CT molecular complexity index is 1440. The molecule has 5 heterocycles. The number of halogens is 3. The first kappa shape index (κ1) is 20.7. The second-order valence-corrected chi connectivity index (χ2v) is 9.66. The molecule has 1 aliphatic heterocycles. The van der Waals surface area contributed by atoms with Crippen molar-refractivity contribution in [2.75, 3.05) is 23.7 Å². The minimum absolute atomic E-state index is 0.0579. The zero-order chi connectivity index (χ0) is 22.7. The summed E-state index contributed by atoms with van der Waals surface area (Å²) in [5, 5.41) is 8.34. The van der Waals surface area contributed by atoms with Crippen LogP contribution in [-0.4, -0.2) is 56.5 Å². The maximum absolute atomic E-state index is 13.1. The summed E-state index contributed by atoms with van der Waals surface area (Å²) in [5.74, 6) is 0.418. The van der Waals surface area contributed by atoms with Crippen LogP contribution in [0.3, 0.4) is 0 Å². The van der Waals surface area contributed by atoms with E-state index < -0.39 is 21.6 Å². The van der Waals surface area contributed by atoms with E-state index in [0.717, 1.165) is 44.3 Å². The molecule has 0 bridgehead atoms. The SMILES string of the molecule is CCS(=O)(=O)c1nn2c(N3CCCC3)ccnc2c1-c1nc2cc(C(F)(F)F)ccn2n1. The van der Waals surface area contributed by atoms with Gasteiger partial charge in [-0.25, -0.2) is 22.9 Å². The number of hydrogen-bond donors (Lipinski definition) is 0. The number of hydrogen-bond acceptors (Lipinski definition) is 7. The molecule has 168 valence electrons. The fourth-order valence-corrected chi connectivity index (χ4v) is 4.79. The highest BCUT2D eigenvalue weighted by Gasteiger charge is 2.32. The molecule has 0 aliphatic carbocycles. The molecule has 0 amide bonds. The van der Waals surface area contributed by atoms with Gasteiger partial charge in [-0.2, -0.15) is 22.8 Å². The van der Waals surface area contributed by atoms with Crippen LogP contribution in [0.4, 0.5) is 19.0 Å². The van der Waals surface area contributed by atoms with Crippen molar-refractivity contribution in [3.63, 3.8) is 0 Å². The van der Waals surface area contributed by atoms with Gasteiger partial charge in [0.25, 0.3) is 0 Å². The van der Waals surface area contributed by atoms with Crippen LogP contribution in [0, 0.1) is 0 Å². The molecular weight excluding hydrogens is 447 g/mol. The Labute approximate surface area is 180 Å². The number of nitrogens with zero attached hydrogens (tertiary/aromatic N) is 7. The average Bonchev–Trinajstić information content (AvgIpc) is 3.49. The van der Waals surface area contributed by atoms with Gasteiger partial charge in [0.05, 0.1) is 11.3 Å². The molecule has 0 spiro atoms. The highest BCUT2D eigenvalue weighted by atomic mass is 32.2. The first-order valence-corrected chi connectivity index (χ1v) is 11.6. The van der Waals surface area contributed by atoms with Gasteiger partial charge in [0.15, 0.2) is 32.0 Å². The van der Waals surface area contributed by atoms with E-state index in [1.807, 2.05) is 0 Å². The smallest absolute Gasteiger partial charge is 0.356 e. The Morgan fingerprint density at radius 2 is 1.88 bits per heavy atom. The molecule has 1 saturated heterocycles. The Hall–Kier alpha value is -3.22. The summed E-state index contributed by atoms with van der Waals surface area (Å²) in [6.07, 6.45) is 0.161. The highest BCUT2D eigenvalue weighted by Crippen LogP contribution is 2.33. The summed E-state index contributed by atoms with van der Waals surface area (Å²) in [5.41, 5.74) is -0.636. The maximum Gasteiger partial charge on any atom is 0.416 e. The van der Waals surface area contributed by atoms with E-state index in [4.69, 9.17) is 0 Å². The summed E-state index contributed by atoms with van der Waals surface area (Å²) in [4.78, 5) is 10.6. The van der Waals surface area contributed by atoms with Gasteiger partial charge in [-0.05, 0) is 31.0 Å². The van der Waals surface area contributed by atoms with Crippen molar-refractivity contribution < 1.29 is 21.6 Å². The lowest BCUT2D eigenvalue weighted by atomic mass is 10.2. The van der Waals surface area contributed by atoms with E-state index in [1.165, 1.54) is 16.0 Å². The first-order valence-electron chi connectivity index (χ1n) is 9.98. The predicted molar refractivity (Wildman–Crippen MR) is 109 cm³/mol. The topological polar surface area (TPSA) is 97.8 Å². The summed E-state index contributed by atoms with van der Waals surface area (Å²) < 4.78 is 67.7. The van der Waals surface area contributed by atoms with Crippen molar-refractivity contribution in [1.82, 2.24) is 29.2 Å². The van der Waals surface area contributed by atoms with E-state index in [9.17, 15) is 21.6 Å². The third-order valence-corrected chi connectivity index (χ3v) is 7.09. The molecule has 0 aromatic carbocycles. The Balaban J connectivity index is 1.77. The summed E-state index contributed by atoms with van der Waals surface area (Å²) in [6, 6.07) is 3.50.